The normalized spacial score (nSPS) is 34.8. The standard InChI is InChI=1S/C14H27N3O3S/c1-15-6-8-16(9-7-15)13-10-17(11-14(13)18)21(19,20)12-4-2-3-5-12/h12-14,18H,2-11H2,1H3/t13-,14-/m1/s1. The van der Waals surface area contributed by atoms with Crippen LogP contribution in [0.25, 0.3) is 0 Å². The van der Waals surface area contributed by atoms with Crippen LogP contribution in [0.15, 0.2) is 0 Å². The van der Waals surface area contributed by atoms with E-state index in [0.29, 0.717) is 6.54 Å². The molecule has 0 amide bonds. The zero-order valence-corrected chi connectivity index (χ0v) is 13.6. The van der Waals surface area contributed by atoms with Gasteiger partial charge in [-0.25, -0.2) is 8.42 Å². The SMILES string of the molecule is CN1CCN([C@@H]2CN(S(=O)(=O)C3CCCC3)C[C@H]2O)CC1. The molecule has 0 aromatic carbocycles. The summed E-state index contributed by atoms with van der Waals surface area (Å²) in [5.74, 6) is 0. The van der Waals surface area contributed by atoms with Gasteiger partial charge in [-0.1, -0.05) is 12.8 Å². The van der Waals surface area contributed by atoms with Gasteiger partial charge < -0.3 is 10.0 Å². The molecule has 2 saturated heterocycles. The van der Waals surface area contributed by atoms with Crippen molar-refractivity contribution in [2.45, 2.75) is 43.1 Å². The number of sulfonamides is 1. The zero-order valence-electron chi connectivity index (χ0n) is 12.8. The molecule has 2 heterocycles. The number of β-amino-alcohol motifs (C(OH)–C–C–N with tert-alkyl or cyclic N) is 1. The maximum Gasteiger partial charge on any atom is 0.217 e. The van der Waals surface area contributed by atoms with Gasteiger partial charge in [0, 0.05) is 39.3 Å². The van der Waals surface area contributed by atoms with Crippen LogP contribution >= 0.6 is 0 Å². The van der Waals surface area contributed by atoms with E-state index in [9.17, 15) is 13.5 Å². The van der Waals surface area contributed by atoms with E-state index in [4.69, 9.17) is 0 Å². The van der Waals surface area contributed by atoms with E-state index >= 15 is 0 Å². The molecule has 1 aliphatic carbocycles. The molecule has 6 nitrogen and oxygen atoms in total. The summed E-state index contributed by atoms with van der Waals surface area (Å²) in [4.78, 5) is 4.53. The van der Waals surface area contributed by atoms with Crippen LogP contribution in [0.4, 0.5) is 0 Å². The van der Waals surface area contributed by atoms with E-state index in [1.165, 1.54) is 0 Å². The third-order valence-electron chi connectivity index (χ3n) is 5.32. The largest absolute Gasteiger partial charge is 0.390 e. The van der Waals surface area contributed by atoms with Gasteiger partial charge in [0.25, 0.3) is 0 Å². The Kier molecular flexibility index (Phi) is 4.57. The predicted octanol–water partition coefficient (Wildman–Crippen LogP) is -0.449. The highest BCUT2D eigenvalue weighted by atomic mass is 32.2. The van der Waals surface area contributed by atoms with E-state index in [1.54, 1.807) is 4.31 Å². The van der Waals surface area contributed by atoms with E-state index in [1.807, 2.05) is 0 Å². The van der Waals surface area contributed by atoms with E-state index in [0.717, 1.165) is 51.9 Å². The fourth-order valence-electron chi connectivity index (χ4n) is 3.85. The molecule has 0 aromatic heterocycles. The second-order valence-corrected chi connectivity index (χ2v) is 8.96. The van der Waals surface area contributed by atoms with Crippen molar-refractivity contribution < 1.29 is 13.5 Å². The molecule has 3 fully saturated rings. The molecular formula is C14H27N3O3S. The van der Waals surface area contributed by atoms with Crippen LogP contribution in [0, 0.1) is 0 Å². The van der Waals surface area contributed by atoms with Crippen molar-refractivity contribution in [3.05, 3.63) is 0 Å². The molecule has 3 aliphatic rings. The van der Waals surface area contributed by atoms with Crippen molar-refractivity contribution in [3.63, 3.8) is 0 Å². The quantitative estimate of drug-likeness (QED) is 0.764. The summed E-state index contributed by atoms with van der Waals surface area (Å²) in [6, 6.07) is -0.0325. The molecule has 1 saturated carbocycles. The number of hydrogen-bond donors (Lipinski definition) is 1. The van der Waals surface area contributed by atoms with Crippen LogP contribution in [0.5, 0.6) is 0 Å². The molecule has 0 radical (unpaired) electrons. The highest BCUT2D eigenvalue weighted by molar-refractivity contribution is 7.89. The molecule has 1 N–H and O–H groups in total. The van der Waals surface area contributed by atoms with Crippen molar-refractivity contribution in [1.82, 2.24) is 14.1 Å². The van der Waals surface area contributed by atoms with Gasteiger partial charge >= 0.3 is 0 Å². The predicted molar refractivity (Wildman–Crippen MR) is 81.6 cm³/mol. The number of hydrogen-bond acceptors (Lipinski definition) is 5. The molecule has 0 spiro atoms. The molecule has 2 aliphatic heterocycles. The molecule has 122 valence electrons. The fraction of sp³-hybridized carbons (Fsp3) is 1.00. The second-order valence-electron chi connectivity index (χ2n) is 6.74. The van der Waals surface area contributed by atoms with Gasteiger partial charge in [0.15, 0.2) is 0 Å². The van der Waals surface area contributed by atoms with Gasteiger partial charge in [-0.3, -0.25) is 4.90 Å². The lowest BCUT2D eigenvalue weighted by Crippen LogP contribution is -2.52. The topological polar surface area (TPSA) is 64.1 Å². The molecule has 7 heteroatoms. The minimum Gasteiger partial charge on any atom is -0.390 e. The van der Waals surface area contributed by atoms with Gasteiger partial charge in [-0.15, -0.1) is 0 Å². The number of piperazine rings is 1. The Morgan fingerprint density at radius 3 is 2.24 bits per heavy atom. The van der Waals surface area contributed by atoms with Gasteiger partial charge in [-0.2, -0.15) is 4.31 Å². The Morgan fingerprint density at radius 1 is 1.00 bits per heavy atom. The van der Waals surface area contributed by atoms with Crippen LogP contribution in [0.2, 0.25) is 0 Å². The first kappa shape index (κ1) is 15.7. The molecule has 0 bridgehead atoms. The van der Waals surface area contributed by atoms with E-state index < -0.39 is 16.1 Å². The second kappa shape index (κ2) is 6.12. The van der Waals surface area contributed by atoms with Gasteiger partial charge in [0.2, 0.25) is 10.0 Å². The van der Waals surface area contributed by atoms with Crippen molar-refractivity contribution in [3.8, 4) is 0 Å². The average Bonchev–Trinajstić information content (AvgIpc) is 3.09. The first-order valence-corrected chi connectivity index (χ1v) is 9.58. The zero-order chi connectivity index (χ0) is 15.0. The van der Waals surface area contributed by atoms with E-state index in [2.05, 4.69) is 16.8 Å². The monoisotopic (exact) mass is 317 g/mol. The molecule has 2 atom stereocenters. The minimum atomic E-state index is -3.22. The van der Waals surface area contributed by atoms with Gasteiger partial charge in [0.1, 0.15) is 0 Å². The highest BCUT2D eigenvalue weighted by Crippen LogP contribution is 2.30. The molecular weight excluding hydrogens is 290 g/mol. The average molecular weight is 317 g/mol. The lowest BCUT2D eigenvalue weighted by atomic mass is 10.1. The first-order chi connectivity index (χ1) is 9.98. The van der Waals surface area contributed by atoms with Crippen LogP contribution in [0.1, 0.15) is 25.7 Å². The Labute approximate surface area is 127 Å². The molecule has 3 rings (SSSR count). The number of aliphatic hydroxyl groups excluding tert-OH is 1. The molecule has 0 aromatic rings. The fourth-order valence-corrected chi connectivity index (χ4v) is 5.92. The van der Waals surface area contributed by atoms with Crippen molar-refractivity contribution in [1.29, 1.82) is 0 Å². The summed E-state index contributed by atoms with van der Waals surface area (Å²) in [7, 11) is -1.12. The number of aliphatic hydroxyl groups is 1. The van der Waals surface area contributed by atoms with Crippen LogP contribution < -0.4 is 0 Å². The number of nitrogens with zero attached hydrogens (tertiary/aromatic N) is 3. The van der Waals surface area contributed by atoms with Gasteiger partial charge in [-0.05, 0) is 19.9 Å². The van der Waals surface area contributed by atoms with Crippen molar-refractivity contribution in [2.75, 3.05) is 46.3 Å². The lowest BCUT2D eigenvalue weighted by Gasteiger charge is -2.37. The summed E-state index contributed by atoms with van der Waals surface area (Å²) in [6.07, 6.45) is 3.05. The maximum atomic E-state index is 12.6. The summed E-state index contributed by atoms with van der Waals surface area (Å²) >= 11 is 0. The molecule has 0 unspecified atom stereocenters. The Balaban J connectivity index is 1.65. The van der Waals surface area contributed by atoms with Gasteiger partial charge in [0.05, 0.1) is 17.4 Å². The maximum absolute atomic E-state index is 12.6. The molecule has 21 heavy (non-hydrogen) atoms. The third-order valence-corrected chi connectivity index (χ3v) is 7.65. The summed E-state index contributed by atoms with van der Waals surface area (Å²) in [6.45, 7) is 4.53. The Hall–Kier alpha value is -0.210. The van der Waals surface area contributed by atoms with Crippen LogP contribution in [-0.2, 0) is 10.0 Å². The Bertz CT molecular complexity index is 456. The van der Waals surface area contributed by atoms with Crippen LogP contribution in [-0.4, -0.2) is 91.3 Å². The van der Waals surface area contributed by atoms with E-state index in [-0.39, 0.29) is 17.8 Å². The summed E-state index contributed by atoms with van der Waals surface area (Å²) in [5.41, 5.74) is 0. The smallest absolute Gasteiger partial charge is 0.217 e. The minimum absolute atomic E-state index is 0.0325. The lowest BCUT2D eigenvalue weighted by molar-refractivity contribution is 0.0512. The first-order valence-electron chi connectivity index (χ1n) is 8.08. The van der Waals surface area contributed by atoms with Crippen molar-refractivity contribution >= 4 is 10.0 Å². The number of likely N-dealkylation sites (N-methyl/N-ethyl adjacent to an activating group) is 1. The Morgan fingerprint density at radius 2 is 1.62 bits per heavy atom. The van der Waals surface area contributed by atoms with Crippen LogP contribution in [0.3, 0.4) is 0 Å². The summed E-state index contributed by atoms with van der Waals surface area (Å²) < 4.78 is 26.9. The highest BCUT2D eigenvalue weighted by Gasteiger charge is 2.44. The summed E-state index contributed by atoms with van der Waals surface area (Å²) in [5, 5.41) is 10.1. The van der Waals surface area contributed by atoms with Crippen molar-refractivity contribution in [2.24, 2.45) is 0 Å². The third kappa shape index (κ3) is 3.12. The number of rotatable bonds is 3.